The number of nitrogens with one attached hydrogen (secondary N) is 2. The first-order valence-corrected chi connectivity index (χ1v) is 3.73. The van der Waals surface area contributed by atoms with E-state index >= 15 is 0 Å². The molecule has 0 aliphatic carbocycles. The first-order chi connectivity index (χ1) is 4.63. The molecule has 0 heterocycles. The van der Waals surface area contributed by atoms with Crippen molar-refractivity contribution in [2.75, 3.05) is 19.8 Å². The SMILES string of the molecule is CNC(O)C(CS)[NH+](C)[O-]. The van der Waals surface area contributed by atoms with E-state index in [0.717, 1.165) is 0 Å². The number of hydroxylamine groups is 2. The molecule has 0 aromatic rings. The standard InChI is InChI=1S/C5H14N2O2S/c1-6-5(8)4(3-10)7(2)9/h4-8,10H,3H2,1-2H3. The van der Waals surface area contributed by atoms with Gasteiger partial charge in [0.05, 0.1) is 7.05 Å². The Kier molecular flexibility index (Phi) is 5.02. The molecule has 0 saturated carbocycles. The summed E-state index contributed by atoms with van der Waals surface area (Å²) in [5, 5.41) is 22.4. The first-order valence-electron chi connectivity index (χ1n) is 3.10. The topological polar surface area (TPSA) is 59.8 Å². The zero-order chi connectivity index (χ0) is 8.15. The fourth-order valence-electron chi connectivity index (χ4n) is 0.652. The molecule has 0 saturated heterocycles. The smallest absolute Gasteiger partial charge is 0.158 e. The fourth-order valence-corrected chi connectivity index (χ4v) is 1.11. The summed E-state index contributed by atoms with van der Waals surface area (Å²) in [6, 6.07) is -0.395. The number of thiol groups is 1. The normalized spacial score (nSPS) is 20.1. The van der Waals surface area contributed by atoms with Crippen LogP contribution in [0.3, 0.4) is 0 Å². The highest BCUT2D eigenvalue weighted by Crippen LogP contribution is 1.86. The maximum Gasteiger partial charge on any atom is 0.158 e. The zero-order valence-corrected chi connectivity index (χ0v) is 7.06. The molecule has 4 nitrogen and oxygen atoms in total. The van der Waals surface area contributed by atoms with Gasteiger partial charge in [-0.25, -0.2) is 0 Å². The van der Waals surface area contributed by atoms with E-state index in [1.165, 1.54) is 7.05 Å². The van der Waals surface area contributed by atoms with Crippen LogP contribution < -0.4 is 10.4 Å². The van der Waals surface area contributed by atoms with Gasteiger partial charge in [0.1, 0.15) is 6.04 Å². The average Bonchev–Trinajstić information content (AvgIpc) is 1.88. The van der Waals surface area contributed by atoms with Gasteiger partial charge in [-0.15, -0.1) is 0 Å². The molecule has 0 aliphatic rings. The maximum atomic E-state index is 10.7. The molecule has 0 rings (SSSR count). The van der Waals surface area contributed by atoms with Crippen LogP contribution in [0.1, 0.15) is 0 Å². The minimum atomic E-state index is -0.769. The van der Waals surface area contributed by atoms with Crippen molar-refractivity contribution in [3.05, 3.63) is 5.21 Å². The summed E-state index contributed by atoms with van der Waals surface area (Å²) in [5.41, 5.74) is 0. The van der Waals surface area contributed by atoms with Crippen LogP contribution in [0, 0.1) is 5.21 Å². The second kappa shape index (κ2) is 4.92. The molecule has 0 aromatic heterocycles. The van der Waals surface area contributed by atoms with Crippen LogP contribution in [-0.4, -0.2) is 37.2 Å². The molecule has 0 amide bonds. The zero-order valence-electron chi connectivity index (χ0n) is 6.16. The van der Waals surface area contributed by atoms with Crippen LogP contribution in [0.2, 0.25) is 0 Å². The van der Waals surface area contributed by atoms with Crippen LogP contribution in [0.4, 0.5) is 0 Å². The molecule has 3 atom stereocenters. The molecule has 0 fully saturated rings. The lowest BCUT2D eigenvalue weighted by Gasteiger charge is -2.29. The fraction of sp³-hybridized carbons (Fsp3) is 1.00. The Bertz CT molecular complexity index is 91.7. The van der Waals surface area contributed by atoms with Crippen molar-refractivity contribution >= 4 is 12.6 Å². The van der Waals surface area contributed by atoms with Gasteiger partial charge in [0, 0.05) is 5.75 Å². The number of rotatable bonds is 4. The molecule has 0 bridgehead atoms. The predicted molar refractivity (Wildman–Crippen MR) is 43.0 cm³/mol. The highest BCUT2D eigenvalue weighted by atomic mass is 32.1. The van der Waals surface area contributed by atoms with Gasteiger partial charge in [0.15, 0.2) is 6.23 Å². The highest BCUT2D eigenvalue weighted by Gasteiger charge is 2.19. The summed E-state index contributed by atoms with van der Waals surface area (Å²) in [6.07, 6.45) is -0.769. The Balaban J connectivity index is 3.80. The Morgan fingerprint density at radius 2 is 2.30 bits per heavy atom. The van der Waals surface area contributed by atoms with E-state index in [1.54, 1.807) is 7.05 Å². The first kappa shape index (κ1) is 10.2. The van der Waals surface area contributed by atoms with Crippen molar-refractivity contribution in [1.29, 1.82) is 0 Å². The third-order valence-corrected chi connectivity index (χ3v) is 1.79. The molecule has 10 heavy (non-hydrogen) atoms. The monoisotopic (exact) mass is 166 g/mol. The minimum absolute atomic E-state index is 0.0446. The quantitative estimate of drug-likeness (QED) is 0.218. The van der Waals surface area contributed by atoms with Crippen molar-refractivity contribution in [2.24, 2.45) is 0 Å². The van der Waals surface area contributed by atoms with Crippen LogP contribution >= 0.6 is 12.6 Å². The summed E-state index contributed by atoms with van der Waals surface area (Å²) in [7, 11) is 3.05. The van der Waals surface area contributed by atoms with Gasteiger partial charge < -0.3 is 15.4 Å². The number of aliphatic hydroxyl groups excluding tert-OH is 1. The van der Waals surface area contributed by atoms with E-state index in [-0.39, 0.29) is 5.06 Å². The Morgan fingerprint density at radius 3 is 2.40 bits per heavy atom. The van der Waals surface area contributed by atoms with Crippen molar-refractivity contribution < 1.29 is 10.2 Å². The molecule has 62 valence electrons. The molecular weight excluding hydrogens is 152 g/mol. The van der Waals surface area contributed by atoms with E-state index in [0.29, 0.717) is 5.75 Å². The Hall–Kier alpha value is 0.190. The van der Waals surface area contributed by atoms with E-state index < -0.39 is 12.3 Å². The maximum absolute atomic E-state index is 10.7. The van der Waals surface area contributed by atoms with Gasteiger partial charge in [-0.1, -0.05) is 0 Å². The molecule has 5 heteroatoms. The predicted octanol–water partition coefficient (Wildman–Crippen LogP) is -2.16. The van der Waals surface area contributed by atoms with Crippen molar-refractivity contribution in [3.63, 3.8) is 0 Å². The van der Waals surface area contributed by atoms with Crippen molar-refractivity contribution in [2.45, 2.75) is 12.3 Å². The summed E-state index contributed by atoms with van der Waals surface area (Å²) in [4.78, 5) is 0. The largest absolute Gasteiger partial charge is 0.634 e. The summed E-state index contributed by atoms with van der Waals surface area (Å²) < 4.78 is 0. The van der Waals surface area contributed by atoms with Crippen LogP contribution in [0.15, 0.2) is 0 Å². The third kappa shape index (κ3) is 2.85. The van der Waals surface area contributed by atoms with Crippen LogP contribution in [0.25, 0.3) is 0 Å². The summed E-state index contributed by atoms with van der Waals surface area (Å²) >= 11 is 3.93. The Morgan fingerprint density at radius 1 is 1.80 bits per heavy atom. The summed E-state index contributed by atoms with van der Waals surface area (Å²) in [6.45, 7) is 0. The lowest BCUT2D eigenvalue weighted by Crippen LogP contribution is -3.10. The number of hydrogen-bond donors (Lipinski definition) is 4. The minimum Gasteiger partial charge on any atom is -0.634 e. The number of quaternary nitrogens is 1. The lowest BCUT2D eigenvalue weighted by molar-refractivity contribution is -0.856. The van der Waals surface area contributed by atoms with Crippen LogP contribution in [-0.2, 0) is 0 Å². The van der Waals surface area contributed by atoms with Gasteiger partial charge in [0.2, 0.25) is 0 Å². The molecule has 0 aromatic carbocycles. The van der Waals surface area contributed by atoms with Gasteiger partial charge in [-0.05, 0) is 7.05 Å². The second-order valence-corrected chi connectivity index (χ2v) is 2.50. The molecular formula is C5H14N2O2S. The number of aliphatic hydroxyl groups is 1. The molecule has 0 aliphatic heterocycles. The van der Waals surface area contributed by atoms with Crippen LogP contribution in [0.5, 0.6) is 0 Å². The van der Waals surface area contributed by atoms with Gasteiger partial charge in [-0.3, -0.25) is 5.32 Å². The van der Waals surface area contributed by atoms with Crippen molar-refractivity contribution in [1.82, 2.24) is 5.32 Å². The number of hydrogen-bond acceptors (Lipinski definition) is 4. The second-order valence-electron chi connectivity index (χ2n) is 2.13. The van der Waals surface area contributed by atoms with E-state index in [1.807, 2.05) is 0 Å². The molecule has 0 spiro atoms. The molecule has 3 unspecified atom stereocenters. The van der Waals surface area contributed by atoms with Gasteiger partial charge in [-0.2, -0.15) is 12.6 Å². The highest BCUT2D eigenvalue weighted by molar-refractivity contribution is 7.80. The lowest BCUT2D eigenvalue weighted by atomic mass is 10.3. The van der Waals surface area contributed by atoms with Gasteiger partial charge >= 0.3 is 0 Å². The average molecular weight is 166 g/mol. The van der Waals surface area contributed by atoms with Gasteiger partial charge in [0.25, 0.3) is 0 Å². The van der Waals surface area contributed by atoms with E-state index in [4.69, 9.17) is 5.11 Å². The number of likely N-dealkylation sites (N-methyl/N-ethyl adjacent to an activating group) is 2. The third-order valence-electron chi connectivity index (χ3n) is 1.40. The molecule has 3 N–H and O–H groups in total. The molecule has 0 radical (unpaired) electrons. The van der Waals surface area contributed by atoms with E-state index in [9.17, 15) is 5.21 Å². The summed E-state index contributed by atoms with van der Waals surface area (Å²) in [5.74, 6) is 0.372. The van der Waals surface area contributed by atoms with Crippen molar-refractivity contribution in [3.8, 4) is 0 Å². The Labute approximate surface area is 66.2 Å². The van der Waals surface area contributed by atoms with E-state index in [2.05, 4.69) is 17.9 Å².